The molecule has 6 nitrogen and oxygen atoms in total. The van der Waals surface area contributed by atoms with E-state index in [-0.39, 0.29) is 11.6 Å². The lowest BCUT2D eigenvalue weighted by atomic mass is 10.2. The molecule has 0 aliphatic carbocycles. The lowest BCUT2D eigenvalue weighted by Crippen LogP contribution is -2.04. The van der Waals surface area contributed by atoms with E-state index < -0.39 is 4.92 Å². The zero-order valence-corrected chi connectivity index (χ0v) is 11.4. The summed E-state index contributed by atoms with van der Waals surface area (Å²) in [6, 6.07) is 6.32. The topological polar surface area (TPSA) is 85.1 Å². The Kier molecular flexibility index (Phi) is 4.21. The number of thiazole rings is 1. The van der Waals surface area contributed by atoms with Crippen LogP contribution in [0.1, 0.15) is 18.2 Å². The molecular weight excluding hydrogens is 278 g/mol. The van der Waals surface area contributed by atoms with Crippen molar-refractivity contribution in [2.45, 2.75) is 6.92 Å². The predicted octanol–water partition coefficient (Wildman–Crippen LogP) is 3.18. The van der Waals surface area contributed by atoms with E-state index in [1.807, 2.05) is 0 Å². The molecule has 1 aromatic carbocycles. The van der Waals surface area contributed by atoms with Gasteiger partial charge in [-0.3, -0.25) is 14.9 Å². The number of nitrogens with one attached hydrogen (secondary N) is 1. The highest BCUT2D eigenvalue weighted by Crippen LogP contribution is 2.19. The fourth-order valence-corrected chi connectivity index (χ4v) is 2.22. The van der Waals surface area contributed by atoms with E-state index in [1.165, 1.54) is 30.4 Å². The van der Waals surface area contributed by atoms with Crippen LogP contribution >= 0.6 is 11.3 Å². The highest BCUT2D eigenvalue weighted by molar-refractivity contribution is 7.14. The summed E-state index contributed by atoms with van der Waals surface area (Å²) in [6.07, 6.45) is 3.47. The Morgan fingerprint density at radius 3 is 2.95 bits per heavy atom. The molecule has 0 bridgehead atoms. The standard InChI is InChI=1S/C13H11N3O3S/c1-9(17)14-13-15-11(8-20-13)6-5-10-3-2-4-12(7-10)16(18)19/h2-8H,1H3,(H,14,15,17)/b6-5+. The lowest BCUT2D eigenvalue weighted by Gasteiger charge is -1.94. The first-order valence-corrected chi connectivity index (χ1v) is 6.58. The van der Waals surface area contributed by atoms with E-state index in [9.17, 15) is 14.9 Å². The molecule has 0 fully saturated rings. The molecule has 1 N–H and O–H groups in total. The number of non-ortho nitro benzene ring substituents is 1. The van der Waals surface area contributed by atoms with Gasteiger partial charge in [0.15, 0.2) is 5.13 Å². The van der Waals surface area contributed by atoms with Gasteiger partial charge in [0.2, 0.25) is 5.91 Å². The number of amides is 1. The molecule has 2 rings (SSSR count). The van der Waals surface area contributed by atoms with Gasteiger partial charge in [-0.15, -0.1) is 11.3 Å². The number of anilines is 1. The third-order valence-corrected chi connectivity index (χ3v) is 3.11. The van der Waals surface area contributed by atoms with Crippen molar-refractivity contribution in [2.24, 2.45) is 0 Å². The van der Waals surface area contributed by atoms with Crippen molar-refractivity contribution in [1.82, 2.24) is 4.98 Å². The average molecular weight is 289 g/mol. The Morgan fingerprint density at radius 2 is 2.25 bits per heavy atom. The summed E-state index contributed by atoms with van der Waals surface area (Å²) in [5, 5.41) is 15.6. The third kappa shape index (κ3) is 3.72. The van der Waals surface area contributed by atoms with E-state index in [2.05, 4.69) is 10.3 Å². The number of carbonyl (C=O) groups excluding carboxylic acids is 1. The van der Waals surface area contributed by atoms with Crippen LogP contribution in [-0.4, -0.2) is 15.8 Å². The molecule has 1 amide bonds. The van der Waals surface area contributed by atoms with Crippen molar-refractivity contribution in [3.8, 4) is 0 Å². The summed E-state index contributed by atoms with van der Waals surface area (Å²) in [6.45, 7) is 1.42. The predicted molar refractivity (Wildman–Crippen MR) is 78.4 cm³/mol. The van der Waals surface area contributed by atoms with Gasteiger partial charge in [-0.1, -0.05) is 18.2 Å². The molecule has 0 spiro atoms. The Bertz CT molecular complexity index is 679. The third-order valence-electron chi connectivity index (χ3n) is 2.33. The minimum atomic E-state index is -0.435. The van der Waals surface area contributed by atoms with Gasteiger partial charge in [-0.05, 0) is 11.6 Å². The van der Waals surface area contributed by atoms with Crippen molar-refractivity contribution in [3.05, 3.63) is 51.0 Å². The molecule has 0 aliphatic rings. The first kappa shape index (κ1) is 13.9. The number of nitro groups is 1. The molecule has 0 aliphatic heterocycles. The molecule has 0 atom stereocenters. The molecule has 1 aromatic heterocycles. The minimum Gasteiger partial charge on any atom is -0.302 e. The number of nitro benzene ring substituents is 1. The minimum absolute atomic E-state index is 0.0457. The number of carbonyl (C=O) groups is 1. The summed E-state index contributed by atoms with van der Waals surface area (Å²) in [5.41, 5.74) is 1.45. The molecule has 1 heterocycles. The molecule has 102 valence electrons. The van der Waals surface area contributed by atoms with E-state index in [0.717, 1.165) is 0 Å². The largest absolute Gasteiger partial charge is 0.302 e. The number of hydrogen-bond acceptors (Lipinski definition) is 5. The summed E-state index contributed by atoms with van der Waals surface area (Å²) in [5.74, 6) is -0.173. The van der Waals surface area contributed by atoms with Crippen LogP contribution < -0.4 is 5.32 Å². The number of rotatable bonds is 4. The van der Waals surface area contributed by atoms with Crippen LogP contribution in [0.4, 0.5) is 10.8 Å². The quantitative estimate of drug-likeness (QED) is 0.692. The van der Waals surface area contributed by atoms with Crippen LogP contribution in [0.5, 0.6) is 0 Å². The van der Waals surface area contributed by atoms with Crippen LogP contribution in [0.2, 0.25) is 0 Å². The first-order valence-electron chi connectivity index (χ1n) is 5.70. The molecule has 0 saturated heterocycles. The van der Waals surface area contributed by atoms with Crippen molar-refractivity contribution >= 4 is 40.2 Å². The van der Waals surface area contributed by atoms with Crippen molar-refractivity contribution in [2.75, 3.05) is 5.32 Å². The number of aromatic nitrogens is 1. The SMILES string of the molecule is CC(=O)Nc1nc(/C=C/c2cccc([N+](=O)[O-])c2)cs1. The lowest BCUT2D eigenvalue weighted by molar-refractivity contribution is -0.384. The fraction of sp³-hybridized carbons (Fsp3) is 0.0769. The Balaban J connectivity index is 2.12. The van der Waals surface area contributed by atoms with Crippen LogP contribution in [0.25, 0.3) is 12.2 Å². The van der Waals surface area contributed by atoms with Gasteiger partial charge in [-0.25, -0.2) is 4.98 Å². The molecule has 20 heavy (non-hydrogen) atoms. The maximum atomic E-state index is 10.9. The van der Waals surface area contributed by atoms with Crippen LogP contribution in [0, 0.1) is 10.1 Å². The van der Waals surface area contributed by atoms with E-state index >= 15 is 0 Å². The highest BCUT2D eigenvalue weighted by atomic mass is 32.1. The van der Waals surface area contributed by atoms with Gasteiger partial charge in [0.1, 0.15) is 0 Å². The van der Waals surface area contributed by atoms with Crippen molar-refractivity contribution in [3.63, 3.8) is 0 Å². The van der Waals surface area contributed by atoms with Crippen molar-refractivity contribution < 1.29 is 9.72 Å². The maximum Gasteiger partial charge on any atom is 0.270 e. The van der Waals surface area contributed by atoms with E-state index in [1.54, 1.807) is 29.7 Å². The number of hydrogen-bond donors (Lipinski definition) is 1. The van der Waals surface area contributed by atoms with Gasteiger partial charge in [0.25, 0.3) is 5.69 Å². The van der Waals surface area contributed by atoms with E-state index in [4.69, 9.17) is 0 Å². The zero-order chi connectivity index (χ0) is 14.5. The monoisotopic (exact) mass is 289 g/mol. The average Bonchev–Trinajstić information content (AvgIpc) is 2.83. The number of benzene rings is 1. The van der Waals surface area contributed by atoms with Gasteiger partial charge >= 0.3 is 0 Å². The Labute approximate surface area is 118 Å². The Hall–Kier alpha value is -2.54. The zero-order valence-electron chi connectivity index (χ0n) is 10.6. The van der Waals surface area contributed by atoms with E-state index in [0.29, 0.717) is 16.4 Å². The molecule has 0 saturated carbocycles. The van der Waals surface area contributed by atoms with Gasteiger partial charge in [0, 0.05) is 24.4 Å². The second-order valence-electron chi connectivity index (χ2n) is 3.94. The maximum absolute atomic E-state index is 10.9. The first-order chi connectivity index (χ1) is 9.54. The fourth-order valence-electron chi connectivity index (χ4n) is 1.49. The molecular formula is C13H11N3O3S. The van der Waals surface area contributed by atoms with Crippen LogP contribution in [0.3, 0.4) is 0 Å². The Morgan fingerprint density at radius 1 is 1.45 bits per heavy atom. The van der Waals surface area contributed by atoms with Crippen LogP contribution in [-0.2, 0) is 4.79 Å². The summed E-state index contributed by atoms with van der Waals surface area (Å²) >= 11 is 1.32. The van der Waals surface area contributed by atoms with Gasteiger partial charge < -0.3 is 5.32 Å². The molecule has 0 unspecified atom stereocenters. The second-order valence-corrected chi connectivity index (χ2v) is 4.80. The van der Waals surface area contributed by atoms with Crippen LogP contribution in [0.15, 0.2) is 29.6 Å². The molecule has 0 radical (unpaired) electrons. The normalized spacial score (nSPS) is 10.7. The second kappa shape index (κ2) is 6.07. The molecule has 7 heteroatoms. The summed E-state index contributed by atoms with van der Waals surface area (Å²) < 4.78 is 0. The number of nitrogens with zero attached hydrogens (tertiary/aromatic N) is 2. The summed E-state index contributed by atoms with van der Waals surface area (Å²) in [4.78, 5) is 25.3. The molecule has 2 aromatic rings. The summed E-state index contributed by atoms with van der Waals surface area (Å²) in [7, 11) is 0. The highest BCUT2D eigenvalue weighted by Gasteiger charge is 2.04. The van der Waals surface area contributed by atoms with Crippen molar-refractivity contribution in [1.29, 1.82) is 0 Å². The smallest absolute Gasteiger partial charge is 0.270 e. The van der Waals surface area contributed by atoms with Gasteiger partial charge in [0.05, 0.1) is 10.6 Å². The van der Waals surface area contributed by atoms with Gasteiger partial charge in [-0.2, -0.15) is 0 Å².